The molecule has 0 aliphatic heterocycles. The highest BCUT2D eigenvalue weighted by Crippen LogP contribution is 2.31. The van der Waals surface area contributed by atoms with E-state index in [-0.39, 0.29) is 15.6 Å². The molecule has 0 spiro atoms. The van der Waals surface area contributed by atoms with Crippen molar-refractivity contribution < 1.29 is 14.3 Å². The standard InChI is InChI=1S/C23H26Cl2O3/c1-3-5-10-16(4-2)15-28-23(27)20(17-11-7-6-8-12-17)22(26)21-18(24)13-9-14-19(21)25/h6-9,11-14,16,20H,3-5,10,15H2,1-2H3. The number of ketones is 1. The normalized spacial score (nSPS) is 13.0. The predicted octanol–water partition coefficient (Wildman–Crippen LogP) is 6.72. The minimum absolute atomic E-state index is 0.148. The Morgan fingerprint density at radius 3 is 2.18 bits per heavy atom. The number of unbranched alkanes of at least 4 members (excludes halogenated alkanes) is 1. The summed E-state index contributed by atoms with van der Waals surface area (Å²) in [6.07, 6.45) is 4.11. The molecule has 0 aliphatic rings. The molecule has 2 unspecified atom stereocenters. The van der Waals surface area contributed by atoms with Crippen LogP contribution in [0.1, 0.15) is 61.4 Å². The summed E-state index contributed by atoms with van der Waals surface area (Å²) in [5.41, 5.74) is 0.713. The molecular weight excluding hydrogens is 395 g/mol. The minimum Gasteiger partial charge on any atom is -0.465 e. The summed E-state index contributed by atoms with van der Waals surface area (Å²) in [5.74, 6) is -1.82. The SMILES string of the molecule is CCCCC(CC)COC(=O)C(C(=O)c1c(Cl)cccc1Cl)c1ccccc1. The van der Waals surface area contributed by atoms with Crippen molar-refractivity contribution in [2.45, 2.75) is 45.4 Å². The second-order valence-electron chi connectivity index (χ2n) is 6.85. The average Bonchev–Trinajstić information content (AvgIpc) is 2.69. The van der Waals surface area contributed by atoms with Crippen LogP contribution >= 0.6 is 23.2 Å². The molecule has 0 heterocycles. The number of carbonyl (C=O) groups is 2. The van der Waals surface area contributed by atoms with Crippen molar-refractivity contribution in [1.82, 2.24) is 0 Å². The Morgan fingerprint density at radius 2 is 1.61 bits per heavy atom. The van der Waals surface area contributed by atoms with Gasteiger partial charge in [0.2, 0.25) is 0 Å². The Kier molecular flexibility index (Phi) is 9.01. The van der Waals surface area contributed by atoms with E-state index in [4.69, 9.17) is 27.9 Å². The van der Waals surface area contributed by atoms with Gasteiger partial charge in [-0.05, 0) is 30.0 Å². The number of halogens is 2. The van der Waals surface area contributed by atoms with Crippen molar-refractivity contribution in [2.75, 3.05) is 6.61 Å². The number of carbonyl (C=O) groups excluding carboxylic acids is 2. The molecule has 0 N–H and O–H groups in total. The first-order valence-corrected chi connectivity index (χ1v) is 10.4. The maximum absolute atomic E-state index is 13.2. The Hall–Kier alpha value is -1.84. The summed E-state index contributed by atoms with van der Waals surface area (Å²) >= 11 is 12.4. The number of esters is 1. The molecule has 0 saturated heterocycles. The van der Waals surface area contributed by atoms with E-state index >= 15 is 0 Å². The van der Waals surface area contributed by atoms with Gasteiger partial charge in [-0.15, -0.1) is 0 Å². The Labute approximate surface area is 177 Å². The smallest absolute Gasteiger partial charge is 0.321 e. The van der Waals surface area contributed by atoms with Gasteiger partial charge in [-0.25, -0.2) is 0 Å². The monoisotopic (exact) mass is 420 g/mol. The van der Waals surface area contributed by atoms with Gasteiger partial charge >= 0.3 is 5.97 Å². The zero-order valence-electron chi connectivity index (χ0n) is 16.3. The minimum atomic E-state index is -1.10. The van der Waals surface area contributed by atoms with Gasteiger partial charge in [-0.2, -0.15) is 0 Å². The number of hydrogen-bond donors (Lipinski definition) is 0. The van der Waals surface area contributed by atoms with Crippen LogP contribution in [0.25, 0.3) is 0 Å². The molecule has 0 radical (unpaired) electrons. The Morgan fingerprint density at radius 1 is 0.964 bits per heavy atom. The molecule has 5 heteroatoms. The molecule has 150 valence electrons. The summed E-state index contributed by atoms with van der Waals surface area (Å²) in [5, 5.41) is 0.446. The van der Waals surface area contributed by atoms with E-state index in [1.807, 2.05) is 6.07 Å². The van der Waals surface area contributed by atoms with Crippen molar-refractivity contribution in [3.05, 3.63) is 69.7 Å². The topological polar surface area (TPSA) is 43.4 Å². The van der Waals surface area contributed by atoms with E-state index < -0.39 is 17.7 Å². The number of ether oxygens (including phenoxy) is 1. The lowest BCUT2D eigenvalue weighted by Gasteiger charge is -2.20. The van der Waals surface area contributed by atoms with Gasteiger partial charge in [0, 0.05) is 0 Å². The number of rotatable bonds is 10. The van der Waals surface area contributed by atoms with Crippen LogP contribution in [-0.2, 0) is 9.53 Å². The van der Waals surface area contributed by atoms with Gasteiger partial charge in [0.05, 0.1) is 22.2 Å². The van der Waals surface area contributed by atoms with E-state index in [1.165, 1.54) is 0 Å². The van der Waals surface area contributed by atoms with Crippen LogP contribution in [0, 0.1) is 5.92 Å². The summed E-state index contributed by atoms with van der Waals surface area (Å²) in [6.45, 7) is 4.52. The number of benzene rings is 2. The molecule has 0 amide bonds. The molecule has 2 aromatic rings. The quantitative estimate of drug-likeness (QED) is 0.243. The highest BCUT2D eigenvalue weighted by molar-refractivity contribution is 6.40. The molecule has 3 nitrogen and oxygen atoms in total. The maximum Gasteiger partial charge on any atom is 0.321 e. The fourth-order valence-corrected chi connectivity index (χ4v) is 3.68. The Bertz CT molecular complexity index is 769. The summed E-state index contributed by atoms with van der Waals surface area (Å²) in [4.78, 5) is 26.2. The molecule has 2 atom stereocenters. The molecule has 0 fully saturated rings. The van der Waals surface area contributed by atoms with Gasteiger partial charge in [0.1, 0.15) is 5.92 Å². The zero-order chi connectivity index (χ0) is 20.5. The van der Waals surface area contributed by atoms with Crippen molar-refractivity contribution in [3.8, 4) is 0 Å². The Balaban J connectivity index is 2.28. The molecule has 28 heavy (non-hydrogen) atoms. The first-order valence-electron chi connectivity index (χ1n) is 9.69. The van der Waals surface area contributed by atoms with Crippen LogP contribution in [0.3, 0.4) is 0 Å². The van der Waals surface area contributed by atoms with Gasteiger partial charge < -0.3 is 4.74 Å². The second kappa shape index (κ2) is 11.2. The third kappa shape index (κ3) is 5.83. The zero-order valence-corrected chi connectivity index (χ0v) is 17.8. The van der Waals surface area contributed by atoms with Gasteiger partial charge in [0.25, 0.3) is 0 Å². The van der Waals surface area contributed by atoms with Crippen LogP contribution in [0.2, 0.25) is 10.0 Å². The molecule has 0 aliphatic carbocycles. The molecule has 0 bridgehead atoms. The van der Waals surface area contributed by atoms with E-state index in [9.17, 15) is 9.59 Å². The molecule has 0 aromatic heterocycles. The van der Waals surface area contributed by atoms with Crippen molar-refractivity contribution in [2.24, 2.45) is 5.92 Å². The molecule has 2 rings (SSSR count). The van der Waals surface area contributed by atoms with Crippen LogP contribution < -0.4 is 0 Å². The lowest BCUT2D eigenvalue weighted by Crippen LogP contribution is -2.26. The van der Waals surface area contributed by atoms with Crippen LogP contribution in [-0.4, -0.2) is 18.4 Å². The van der Waals surface area contributed by atoms with Crippen LogP contribution in [0.4, 0.5) is 0 Å². The summed E-state index contributed by atoms with van der Waals surface area (Å²) in [7, 11) is 0. The van der Waals surface area contributed by atoms with E-state index in [0.717, 1.165) is 25.7 Å². The van der Waals surface area contributed by atoms with Gasteiger partial charge in [0.15, 0.2) is 5.78 Å². The number of hydrogen-bond acceptors (Lipinski definition) is 3. The third-order valence-electron chi connectivity index (χ3n) is 4.84. The lowest BCUT2D eigenvalue weighted by atomic mass is 9.90. The molecular formula is C23H26Cl2O3. The van der Waals surface area contributed by atoms with E-state index in [2.05, 4.69) is 13.8 Å². The van der Waals surface area contributed by atoms with Gasteiger partial charge in [-0.1, -0.05) is 92.7 Å². The molecule has 0 saturated carbocycles. The third-order valence-corrected chi connectivity index (χ3v) is 5.47. The fraction of sp³-hybridized carbons (Fsp3) is 0.391. The van der Waals surface area contributed by atoms with Crippen LogP contribution in [0.5, 0.6) is 0 Å². The summed E-state index contributed by atoms with van der Waals surface area (Å²) < 4.78 is 5.59. The fourth-order valence-electron chi connectivity index (χ4n) is 3.10. The van der Waals surface area contributed by atoms with Crippen molar-refractivity contribution >= 4 is 35.0 Å². The predicted molar refractivity (Wildman–Crippen MR) is 114 cm³/mol. The maximum atomic E-state index is 13.2. The lowest BCUT2D eigenvalue weighted by molar-refractivity contribution is -0.145. The largest absolute Gasteiger partial charge is 0.465 e. The van der Waals surface area contributed by atoms with Crippen molar-refractivity contribution in [3.63, 3.8) is 0 Å². The van der Waals surface area contributed by atoms with Gasteiger partial charge in [-0.3, -0.25) is 9.59 Å². The van der Waals surface area contributed by atoms with E-state index in [0.29, 0.717) is 18.1 Å². The van der Waals surface area contributed by atoms with Crippen LogP contribution in [0.15, 0.2) is 48.5 Å². The van der Waals surface area contributed by atoms with Crippen molar-refractivity contribution in [1.29, 1.82) is 0 Å². The highest BCUT2D eigenvalue weighted by atomic mass is 35.5. The average molecular weight is 421 g/mol. The summed E-state index contributed by atoms with van der Waals surface area (Å²) in [6, 6.07) is 13.7. The first-order chi connectivity index (χ1) is 13.5. The molecule has 2 aromatic carbocycles. The highest BCUT2D eigenvalue weighted by Gasteiger charge is 2.33. The van der Waals surface area contributed by atoms with E-state index in [1.54, 1.807) is 42.5 Å². The second-order valence-corrected chi connectivity index (χ2v) is 7.67. The number of Topliss-reactive ketones (excluding diaryl/α,β-unsaturated/α-hetero) is 1. The first kappa shape index (κ1) is 22.4.